The van der Waals surface area contributed by atoms with Gasteiger partial charge in [0.1, 0.15) is 0 Å². The molecule has 0 aliphatic rings. The lowest BCUT2D eigenvalue weighted by molar-refractivity contribution is -0.108. The number of hydrogen-bond donors (Lipinski definition) is 2. The Kier molecular flexibility index (Phi) is 4.49. The van der Waals surface area contributed by atoms with Crippen molar-refractivity contribution in [1.29, 1.82) is 0 Å². The monoisotopic (exact) mass is 142 g/mol. The lowest BCUT2D eigenvalue weighted by Crippen LogP contribution is -2.23. The Morgan fingerprint density at radius 2 is 2.20 bits per heavy atom. The first-order valence-corrected chi connectivity index (χ1v) is 2.30. The van der Waals surface area contributed by atoms with Gasteiger partial charge in [-0.25, -0.2) is 0 Å². The summed E-state index contributed by atoms with van der Waals surface area (Å²) in [7, 11) is 0. The second-order valence-corrected chi connectivity index (χ2v) is 1.16. The lowest BCUT2D eigenvalue weighted by atomic mass is 10.6. The van der Waals surface area contributed by atoms with E-state index in [1.807, 2.05) is 0 Å². The Morgan fingerprint density at radius 3 is 2.60 bits per heavy atom. The zero-order valence-corrected chi connectivity index (χ0v) is 5.02. The van der Waals surface area contributed by atoms with Crippen LogP contribution in [0.3, 0.4) is 0 Å². The Bertz CT molecular complexity index is 174. The minimum atomic E-state index is 0.00694. The Morgan fingerprint density at radius 1 is 1.50 bits per heavy atom. The van der Waals surface area contributed by atoms with Crippen LogP contribution in [-0.4, -0.2) is 24.9 Å². The summed E-state index contributed by atoms with van der Waals surface area (Å²) in [5.74, 6) is 4.71. The van der Waals surface area contributed by atoms with Crippen LogP contribution in [0.2, 0.25) is 0 Å². The number of rotatable bonds is 3. The largest absolute Gasteiger partial charge is 0.323 e. The number of amidine groups is 1. The molecule has 0 aromatic carbocycles. The van der Waals surface area contributed by atoms with Crippen molar-refractivity contribution in [3.8, 4) is 0 Å². The molecule has 6 heteroatoms. The van der Waals surface area contributed by atoms with Crippen molar-refractivity contribution in [2.45, 2.75) is 0 Å². The third-order valence-corrected chi connectivity index (χ3v) is 0.595. The van der Waals surface area contributed by atoms with Gasteiger partial charge in [0.05, 0.1) is 6.21 Å². The molecule has 0 aliphatic heterocycles. The quantitative estimate of drug-likeness (QED) is 0.160. The first-order valence-electron chi connectivity index (χ1n) is 2.30. The van der Waals surface area contributed by atoms with E-state index in [9.17, 15) is 9.59 Å². The maximum Gasteiger partial charge on any atom is 0.234 e. The third-order valence-electron chi connectivity index (χ3n) is 0.595. The van der Waals surface area contributed by atoms with Crippen molar-refractivity contribution in [2.24, 2.45) is 15.9 Å². The zero-order chi connectivity index (χ0) is 7.82. The molecular weight excluding hydrogens is 136 g/mol. The van der Waals surface area contributed by atoms with Gasteiger partial charge in [0.2, 0.25) is 12.8 Å². The molecule has 0 unspecified atom stereocenters. The van der Waals surface area contributed by atoms with Crippen LogP contribution in [0.25, 0.3) is 0 Å². The predicted octanol–water partition coefficient (Wildman–Crippen LogP) is -1.77. The van der Waals surface area contributed by atoms with Crippen LogP contribution in [-0.2, 0) is 9.59 Å². The highest BCUT2D eigenvalue weighted by molar-refractivity contribution is 6.32. The van der Waals surface area contributed by atoms with E-state index >= 15 is 0 Å². The van der Waals surface area contributed by atoms with Gasteiger partial charge in [0.15, 0.2) is 5.84 Å². The first-order chi connectivity index (χ1) is 4.85. The summed E-state index contributed by atoms with van der Waals surface area (Å²) in [6.07, 6.45) is 1.68. The molecule has 0 aliphatic carbocycles. The number of carbonyl (C=O) groups excluding carboxylic acids is 2. The van der Waals surface area contributed by atoms with Gasteiger partial charge in [0, 0.05) is 0 Å². The van der Waals surface area contributed by atoms with Crippen LogP contribution < -0.4 is 11.2 Å². The fraction of sp³-hybridized carbons (Fsp3) is 0. The highest BCUT2D eigenvalue weighted by Crippen LogP contribution is 1.62. The molecule has 0 bridgehead atoms. The topological polar surface area (TPSA) is 96.9 Å². The molecule has 0 saturated heterocycles. The second kappa shape index (κ2) is 5.42. The lowest BCUT2D eigenvalue weighted by Gasteiger charge is -1.90. The zero-order valence-electron chi connectivity index (χ0n) is 5.02. The number of carbonyl (C=O) groups is 2. The highest BCUT2D eigenvalue weighted by Gasteiger charge is 1.88. The molecule has 0 heterocycles. The van der Waals surface area contributed by atoms with E-state index in [1.165, 1.54) is 0 Å². The van der Waals surface area contributed by atoms with Crippen molar-refractivity contribution < 1.29 is 9.59 Å². The van der Waals surface area contributed by atoms with Crippen molar-refractivity contribution in [3.05, 3.63) is 0 Å². The average molecular weight is 142 g/mol. The van der Waals surface area contributed by atoms with Crippen molar-refractivity contribution in [3.63, 3.8) is 0 Å². The van der Waals surface area contributed by atoms with Crippen LogP contribution >= 0.6 is 0 Å². The van der Waals surface area contributed by atoms with E-state index in [2.05, 4.69) is 15.4 Å². The molecule has 0 fully saturated rings. The van der Waals surface area contributed by atoms with Gasteiger partial charge in [-0.15, -0.1) is 0 Å². The van der Waals surface area contributed by atoms with E-state index in [0.717, 1.165) is 6.21 Å². The number of aliphatic imine (C=N–C) groups is 1. The van der Waals surface area contributed by atoms with Gasteiger partial charge in [-0.05, 0) is 0 Å². The number of nitrogens with two attached hydrogens (primary N) is 1. The summed E-state index contributed by atoms with van der Waals surface area (Å²) in [5.41, 5.74) is 0. The van der Waals surface area contributed by atoms with E-state index < -0.39 is 0 Å². The minimum Gasteiger partial charge on any atom is -0.323 e. The molecule has 0 atom stereocenters. The third kappa shape index (κ3) is 3.30. The first kappa shape index (κ1) is 8.28. The highest BCUT2D eigenvalue weighted by atomic mass is 16.1. The summed E-state index contributed by atoms with van der Waals surface area (Å²) in [6.45, 7) is 0. The number of amides is 2. The van der Waals surface area contributed by atoms with Crippen LogP contribution in [0.4, 0.5) is 0 Å². The van der Waals surface area contributed by atoms with Crippen molar-refractivity contribution >= 4 is 24.9 Å². The maximum atomic E-state index is 9.75. The average Bonchev–Trinajstić information content (AvgIpc) is 1.90. The van der Waals surface area contributed by atoms with E-state index in [-0.39, 0.29) is 12.2 Å². The van der Waals surface area contributed by atoms with Gasteiger partial charge < -0.3 is 11.2 Å². The number of nitrogens with one attached hydrogen (secondary N) is 1. The maximum absolute atomic E-state index is 9.75. The molecule has 0 rings (SSSR count). The molecule has 0 radical (unpaired) electrons. The molecule has 3 N–H and O–H groups in total. The van der Waals surface area contributed by atoms with Gasteiger partial charge in [-0.1, -0.05) is 0 Å². The normalized spacial score (nSPS) is 11.4. The SMILES string of the molecule is NN=CC(=NC=O)NC=O. The summed E-state index contributed by atoms with van der Waals surface area (Å²) >= 11 is 0. The van der Waals surface area contributed by atoms with E-state index in [0.29, 0.717) is 6.41 Å². The molecule has 2 amide bonds. The van der Waals surface area contributed by atoms with Crippen LogP contribution in [0.5, 0.6) is 0 Å². The summed E-state index contributed by atoms with van der Waals surface area (Å²) in [4.78, 5) is 22.6. The van der Waals surface area contributed by atoms with Crippen molar-refractivity contribution in [2.75, 3.05) is 0 Å². The minimum absolute atomic E-state index is 0.00694. The Balaban J connectivity index is 4.09. The van der Waals surface area contributed by atoms with Crippen LogP contribution in [0.15, 0.2) is 10.1 Å². The van der Waals surface area contributed by atoms with Gasteiger partial charge in [0.25, 0.3) is 0 Å². The summed E-state index contributed by atoms with van der Waals surface area (Å²) < 4.78 is 0. The molecule has 0 saturated carbocycles. The second-order valence-electron chi connectivity index (χ2n) is 1.16. The van der Waals surface area contributed by atoms with E-state index in [4.69, 9.17) is 5.84 Å². The van der Waals surface area contributed by atoms with E-state index in [1.54, 1.807) is 0 Å². The smallest absolute Gasteiger partial charge is 0.234 e. The molecule has 0 spiro atoms. The number of hydrogen-bond acceptors (Lipinski definition) is 4. The molecule has 10 heavy (non-hydrogen) atoms. The number of hydrazone groups is 1. The van der Waals surface area contributed by atoms with Crippen molar-refractivity contribution in [1.82, 2.24) is 5.32 Å². The predicted molar refractivity (Wildman–Crippen MR) is 35.4 cm³/mol. The fourth-order valence-corrected chi connectivity index (χ4v) is 0.296. The fourth-order valence-electron chi connectivity index (χ4n) is 0.296. The Hall–Kier alpha value is -1.72. The van der Waals surface area contributed by atoms with Gasteiger partial charge in [-0.2, -0.15) is 10.1 Å². The standard InChI is InChI=1S/C4H6N4O2/c5-8-1-4(6-2-9)7-3-10/h1-3H,5H2,(H,6,7,9,10). The molecule has 0 aromatic rings. The van der Waals surface area contributed by atoms with Gasteiger partial charge >= 0.3 is 0 Å². The molecule has 0 aromatic heterocycles. The van der Waals surface area contributed by atoms with Gasteiger partial charge in [-0.3, -0.25) is 9.59 Å². The Labute approximate surface area is 56.8 Å². The van der Waals surface area contributed by atoms with Crippen LogP contribution in [0.1, 0.15) is 0 Å². The summed E-state index contributed by atoms with van der Waals surface area (Å²) in [5, 5.41) is 5.13. The molecule has 6 nitrogen and oxygen atoms in total. The molecular formula is C4H6N4O2. The van der Waals surface area contributed by atoms with Crippen LogP contribution in [0, 0.1) is 0 Å². The number of nitrogens with zero attached hydrogens (tertiary/aromatic N) is 2. The molecule has 54 valence electrons. The summed E-state index contributed by atoms with van der Waals surface area (Å²) in [6, 6.07) is 0.